The second kappa shape index (κ2) is 5.76. The van der Waals surface area contributed by atoms with Crippen molar-refractivity contribution in [3.63, 3.8) is 0 Å². The van der Waals surface area contributed by atoms with E-state index in [1.165, 1.54) is 17.3 Å². The van der Waals surface area contributed by atoms with Crippen molar-refractivity contribution in [2.75, 3.05) is 11.4 Å². The maximum Gasteiger partial charge on any atom is 0.232 e. The first-order chi connectivity index (χ1) is 12.0. The third-order valence-electron chi connectivity index (χ3n) is 4.16. The molecule has 1 N–H and O–H groups in total. The van der Waals surface area contributed by atoms with E-state index in [2.05, 4.69) is 20.1 Å². The molecule has 0 saturated carbocycles. The van der Waals surface area contributed by atoms with E-state index in [-0.39, 0.29) is 36.4 Å². The molecule has 3 heterocycles. The van der Waals surface area contributed by atoms with Crippen LogP contribution in [-0.2, 0) is 4.79 Å². The number of carbonyl (C=O) groups is 1. The molecule has 1 atom stereocenters. The quantitative estimate of drug-likeness (QED) is 0.788. The normalized spacial score (nSPS) is 17.5. The topological polar surface area (TPSA) is 87.9 Å². The van der Waals surface area contributed by atoms with Crippen molar-refractivity contribution in [1.29, 1.82) is 0 Å². The van der Waals surface area contributed by atoms with Gasteiger partial charge in [0.2, 0.25) is 17.6 Å². The molecule has 1 fully saturated rings. The fourth-order valence-electron chi connectivity index (χ4n) is 2.89. The Kier molecular flexibility index (Phi) is 3.56. The molecule has 1 aliphatic heterocycles. The smallest absolute Gasteiger partial charge is 0.232 e. The van der Waals surface area contributed by atoms with E-state index in [1.807, 2.05) is 6.92 Å². The molecule has 128 valence electrons. The van der Waals surface area contributed by atoms with Crippen LogP contribution in [0.4, 0.5) is 14.5 Å². The van der Waals surface area contributed by atoms with Crippen LogP contribution in [0, 0.1) is 18.6 Å². The highest BCUT2D eigenvalue weighted by molar-refractivity contribution is 5.96. The van der Waals surface area contributed by atoms with Crippen molar-refractivity contribution in [3.8, 4) is 11.5 Å². The van der Waals surface area contributed by atoms with E-state index in [4.69, 9.17) is 4.52 Å². The number of hydrogen-bond donors (Lipinski definition) is 1. The van der Waals surface area contributed by atoms with Crippen molar-refractivity contribution in [2.45, 2.75) is 19.3 Å². The van der Waals surface area contributed by atoms with Crippen LogP contribution in [0.5, 0.6) is 0 Å². The van der Waals surface area contributed by atoms with Gasteiger partial charge < -0.3 is 14.4 Å². The lowest BCUT2D eigenvalue weighted by Crippen LogP contribution is -2.25. The number of carbonyl (C=O) groups excluding carboxylic acids is 1. The van der Waals surface area contributed by atoms with Crippen molar-refractivity contribution in [3.05, 3.63) is 47.7 Å². The average Bonchev–Trinajstić information content (AvgIpc) is 3.27. The minimum atomic E-state index is -0.785. The zero-order valence-corrected chi connectivity index (χ0v) is 13.2. The number of benzene rings is 1. The zero-order valence-electron chi connectivity index (χ0n) is 13.2. The first kappa shape index (κ1) is 15.4. The van der Waals surface area contributed by atoms with Crippen molar-refractivity contribution in [2.24, 2.45) is 0 Å². The summed E-state index contributed by atoms with van der Waals surface area (Å²) < 4.78 is 32.3. The van der Waals surface area contributed by atoms with Crippen molar-refractivity contribution in [1.82, 2.24) is 20.1 Å². The van der Waals surface area contributed by atoms with Crippen LogP contribution in [0.25, 0.3) is 11.5 Å². The van der Waals surface area contributed by atoms with Crippen molar-refractivity contribution < 1.29 is 18.1 Å². The van der Waals surface area contributed by atoms with Gasteiger partial charge in [-0.1, -0.05) is 5.16 Å². The SMILES string of the molecule is Cc1[nH]cnc1-c1noc(C2CC(=O)N(c3ccc(F)cc3F)C2)n1. The highest BCUT2D eigenvalue weighted by atomic mass is 19.1. The van der Waals surface area contributed by atoms with Crippen LogP contribution in [0.2, 0.25) is 0 Å². The molecule has 7 nitrogen and oxygen atoms in total. The molecule has 4 rings (SSSR count). The Morgan fingerprint density at radius 1 is 1.36 bits per heavy atom. The Labute approximate surface area is 140 Å². The molecule has 1 unspecified atom stereocenters. The summed E-state index contributed by atoms with van der Waals surface area (Å²) in [6, 6.07) is 3.11. The fourth-order valence-corrected chi connectivity index (χ4v) is 2.89. The third kappa shape index (κ3) is 2.67. The standard InChI is InChI=1S/C16H13F2N5O2/c1-8-14(20-7-19-8)15-21-16(25-22-15)9-4-13(24)23(6-9)12-3-2-10(17)5-11(12)18/h2-3,5,7,9H,4,6H2,1H3,(H,19,20). The summed E-state index contributed by atoms with van der Waals surface area (Å²) in [5.74, 6) is -1.51. The average molecular weight is 345 g/mol. The van der Waals surface area contributed by atoms with Crippen LogP contribution < -0.4 is 4.90 Å². The summed E-state index contributed by atoms with van der Waals surface area (Å²) in [7, 11) is 0. The Morgan fingerprint density at radius 3 is 2.92 bits per heavy atom. The Morgan fingerprint density at radius 2 is 2.20 bits per heavy atom. The number of aromatic amines is 1. The van der Waals surface area contributed by atoms with E-state index in [1.54, 1.807) is 0 Å². The van der Waals surface area contributed by atoms with Gasteiger partial charge in [-0.3, -0.25) is 4.79 Å². The third-order valence-corrected chi connectivity index (χ3v) is 4.16. The zero-order chi connectivity index (χ0) is 17.6. The number of nitrogens with zero attached hydrogens (tertiary/aromatic N) is 4. The largest absolute Gasteiger partial charge is 0.348 e. The number of anilines is 1. The van der Waals surface area contributed by atoms with Crippen LogP contribution in [0.3, 0.4) is 0 Å². The second-order valence-corrected chi connectivity index (χ2v) is 5.83. The van der Waals surface area contributed by atoms with E-state index in [9.17, 15) is 13.6 Å². The fraction of sp³-hybridized carbons (Fsp3) is 0.250. The second-order valence-electron chi connectivity index (χ2n) is 5.83. The number of amides is 1. The Bertz CT molecular complexity index is 952. The molecule has 0 bridgehead atoms. The maximum atomic E-state index is 13.9. The van der Waals surface area contributed by atoms with Gasteiger partial charge in [-0.15, -0.1) is 0 Å². The number of H-pyrrole nitrogens is 1. The molecular formula is C16H13F2N5O2. The molecule has 1 aromatic carbocycles. The molecule has 2 aromatic heterocycles. The Hall–Kier alpha value is -3.10. The van der Waals surface area contributed by atoms with Gasteiger partial charge >= 0.3 is 0 Å². The molecule has 1 saturated heterocycles. The summed E-state index contributed by atoms with van der Waals surface area (Å²) in [6.07, 6.45) is 1.64. The predicted octanol–water partition coefficient (Wildman–Crippen LogP) is 2.57. The maximum absolute atomic E-state index is 13.9. The van der Waals surface area contributed by atoms with E-state index < -0.39 is 11.6 Å². The first-order valence-corrected chi connectivity index (χ1v) is 7.62. The molecule has 1 aliphatic rings. The minimum absolute atomic E-state index is 0.0387. The Balaban J connectivity index is 1.58. The number of rotatable bonds is 3. The number of nitrogens with one attached hydrogen (secondary N) is 1. The van der Waals surface area contributed by atoms with E-state index in [0.29, 0.717) is 11.5 Å². The number of aromatic nitrogens is 4. The first-order valence-electron chi connectivity index (χ1n) is 7.62. The molecule has 0 aliphatic carbocycles. The highest BCUT2D eigenvalue weighted by Crippen LogP contribution is 2.33. The molecule has 3 aromatic rings. The lowest BCUT2D eigenvalue weighted by molar-refractivity contribution is -0.117. The summed E-state index contributed by atoms with van der Waals surface area (Å²) in [6.45, 7) is 2.01. The van der Waals surface area contributed by atoms with Crippen LogP contribution in [0.1, 0.15) is 23.9 Å². The molecule has 0 spiro atoms. The van der Waals surface area contributed by atoms with Gasteiger partial charge in [-0.2, -0.15) is 4.98 Å². The van der Waals surface area contributed by atoms with Gasteiger partial charge in [-0.25, -0.2) is 13.8 Å². The lowest BCUT2D eigenvalue weighted by Gasteiger charge is -2.16. The van der Waals surface area contributed by atoms with Crippen LogP contribution in [-0.4, -0.2) is 32.6 Å². The van der Waals surface area contributed by atoms with Gasteiger partial charge in [0.05, 0.1) is 17.9 Å². The molecule has 1 amide bonds. The van der Waals surface area contributed by atoms with Gasteiger partial charge in [0, 0.05) is 24.7 Å². The van der Waals surface area contributed by atoms with E-state index in [0.717, 1.165) is 17.8 Å². The number of aryl methyl sites for hydroxylation is 1. The van der Waals surface area contributed by atoms with Gasteiger partial charge in [0.15, 0.2) is 0 Å². The predicted molar refractivity (Wildman–Crippen MR) is 82.7 cm³/mol. The van der Waals surface area contributed by atoms with Crippen molar-refractivity contribution >= 4 is 11.6 Å². The van der Waals surface area contributed by atoms with Crippen LogP contribution in [0.15, 0.2) is 29.0 Å². The van der Waals surface area contributed by atoms with Crippen LogP contribution >= 0.6 is 0 Å². The molecule has 9 heteroatoms. The van der Waals surface area contributed by atoms with E-state index >= 15 is 0 Å². The molecule has 0 radical (unpaired) electrons. The number of imidazole rings is 1. The summed E-state index contributed by atoms with van der Waals surface area (Å²) >= 11 is 0. The van der Waals surface area contributed by atoms with Gasteiger partial charge in [0.25, 0.3) is 0 Å². The summed E-state index contributed by atoms with van der Waals surface area (Å²) in [5.41, 5.74) is 1.41. The number of halogens is 2. The molecule has 25 heavy (non-hydrogen) atoms. The highest BCUT2D eigenvalue weighted by Gasteiger charge is 2.36. The molecular weight excluding hydrogens is 332 g/mol. The van der Waals surface area contributed by atoms with Gasteiger partial charge in [0.1, 0.15) is 17.3 Å². The van der Waals surface area contributed by atoms with Gasteiger partial charge in [-0.05, 0) is 19.1 Å². The lowest BCUT2D eigenvalue weighted by atomic mass is 10.1. The minimum Gasteiger partial charge on any atom is -0.348 e. The summed E-state index contributed by atoms with van der Waals surface area (Å²) in [4.78, 5) is 24.9. The number of hydrogen-bond acceptors (Lipinski definition) is 5. The monoisotopic (exact) mass is 345 g/mol. The summed E-state index contributed by atoms with van der Waals surface area (Å²) in [5, 5.41) is 3.89.